The van der Waals surface area contributed by atoms with Gasteiger partial charge in [-0.1, -0.05) is 5.21 Å². The van der Waals surface area contributed by atoms with Crippen LogP contribution in [0.1, 0.15) is 18.8 Å². The molecule has 1 unspecified atom stereocenters. The Morgan fingerprint density at radius 2 is 2.53 bits per heavy atom. The number of nitrogens with two attached hydrogens (primary N) is 1. The normalized spacial score (nSPS) is 12.3. The minimum atomic E-state index is -0.311. The predicted molar refractivity (Wildman–Crippen MR) is 57.4 cm³/mol. The molecule has 0 aliphatic heterocycles. The number of hydrogen-bond donors (Lipinski definition) is 3. The van der Waals surface area contributed by atoms with Crippen LogP contribution in [0.25, 0.3) is 0 Å². The first-order valence-electron chi connectivity index (χ1n) is 4.96. The van der Waals surface area contributed by atoms with Crippen molar-refractivity contribution < 1.29 is 4.79 Å². The zero-order chi connectivity index (χ0) is 12.3. The molecule has 0 aliphatic carbocycles. The van der Waals surface area contributed by atoms with Gasteiger partial charge in [-0.05, 0) is 6.92 Å². The molecule has 2 rings (SSSR count). The monoisotopic (exact) mass is 236 g/mol. The van der Waals surface area contributed by atoms with Crippen molar-refractivity contribution in [3.63, 3.8) is 0 Å². The molecule has 0 saturated heterocycles. The maximum atomic E-state index is 11.6. The Labute approximate surface area is 96.4 Å². The maximum Gasteiger partial charge on any atom is 0.242 e. The van der Waals surface area contributed by atoms with E-state index in [0.717, 1.165) is 0 Å². The number of carbonyl (C=O) groups is 1. The molecule has 0 fully saturated rings. The van der Waals surface area contributed by atoms with Crippen LogP contribution in [0.15, 0.2) is 12.4 Å². The number of aromatic nitrogens is 6. The first-order valence-corrected chi connectivity index (χ1v) is 4.96. The zero-order valence-electron chi connectivity index (χ0n) is 9.16. The van der Waals surface area contributed by atoms with Crippen LogP contribution in [0.5, 0.6) is 0 Å². The Kier molecular flexibility index (Phi) is 2.99. The van der Waals surface area contributed by atoms with Crippen molar-refractivity contribution in [2.75, 3.05) is 5.73 Å². The summed E-state index contributed by atoms with van der Waals surface area (Å²) in [7, 11) is 0. The quantitative estimate of drug-likeness (QED) is 0.615. The third-order valence-corrected chi connectivity index (χ3v) is 2.09. The highest BCUT2D eigenvalue weighted by atomic mass is 16.2. The van der Waals surface area contributed by atoms with Gasteiger partial charge in [-0.2, -0.15) is 10.3 Å². The predicted octanol–water partition coefficient (Wildman–Crippen LogP) is -1.14. The number of nitrogen functional groups attached to an aromatic ring is 1. The van der Waals surface area contributed by atoms with Gasteiger partial charge in [-0.15, -0.1) is 10.2 Å². The molecule has 2 aromatic rings. The molecule has 4 N–H and O–H groups in total. The molecule has 90 valence electrons. The van der Waals surface area contributed by atoms with Gasteiger partial charge in [0.05, 0.1) is 17.9 Å². The zero-order valence-corrected chi connectivity index (χ0v) is 9.16. The highest BCUT2D eigenvalue weighted by Crippen LogP contribution is 2.03. The summed E-state index contributed by atoms with van der Waals surface area (Å²) in [5.41, 5.74) is 6.00. The number of aromatic amines is 1. The molecular formula is C8H12N8O. The van der Waals surface area contributed by atoms with Crippen LogP contribution in [0.2, 0.25) is 0 Å². The summed E-state index contributed by atoms with van der Waals surface area (Å²) in [6.45, 7) is 1.86. The van der Waals surface area contributed by atoms with Gasteiger partial charge in [0.1, 0.15) is 6.54 Å². The molecule has 2 heterocycles. The lowest BCUT2D eigenvalue weighted by Gasteiger charge is -2.09. The summed E-state index contributed by atoms with van der Waals surface area (Å²) in [6, 6.07) is -0.311. The molecule has 0 aromatic carbocycles. The third-order valence-electron chi connectivity index (χ3n) is 2.09. The summed E-state index contributed by atoms with van der Waals surface area (Å²) >= 11 is 0. The number of amides is 1. The fourth-order valence-corrected chi connectivity index (χ4v) is 1.32. The molecule has 0 bridgehead atoms. The lowest BCUT2D eigenvalue weighted by atomic mass is 10.3. The Balaban J connectivity index is 1.89. The van der Waals surface area contributed by atoms with E-state index in [0.29, 0.717) is 11.5 Å². The van der Waals surface area contributed by atoms with Crippen molar-refractivity contribution in [3.05, 3.63) is 18.2 Å². The Morgan fingerprint density at radius 1 is 1.71 bits per heavy atom. The molecule has 2 aromatic heterocycles. The van der Waals surface area contributed by atoms with Gasteiger partial charge in [0, 0.05) is 6.20 Å². The maximum absolute atomic E-state index is 11.6. The van der Waals surface area contributed by atoms with Crippen LogP contribution in [-0.2, 0) is 11.3 Å². The number of tetrazole rings is 1. The van der Waals surface area contributed by atoms with Crippen LogP contribution in [-0.4, -0.2) is 36.3 Å². The third kappa shape index (κ3) is 2.77. The average molecular weight is 236 g/mol. The van der Waals surface area contributed by atoms with E-state index in [4.69, 9.17) is 5.73 Å². The van der Waals surface area contributed by atoms with E-state index in [1.54, 1.807) is 13.1 Å². The standard InChI is InChI=1S/C8H12N8O/c1-5(8-12-14-15-13-8)11-7(17)4-16-3-6(9)2-10-16/h2-3,5H,4,9H2,1H3,(H,11,17)(H,12,13,14,15). The second-order valence-electron chi connectivity index (χ2n) is 3.53. The van der Waals surface area contributed by atoms with Crippen LogP contribution < -0.4 is 11.1 Å². The Morgan fingerprint density at radius 3 is 3.12 bits per heavy atom. The first-order chi connectivity index (χ1) is 8.15. The minimum Gasteiger partial charge on any atom is -0.396 e. The van der Waals surface area contributed by atoms with Gasteiger partial charge in [0.25, 0.3) is 0 Å². The summed E-state index contributed by atoms with van der Waals surface area (Å²) < 4.78 is 1.45. The van der Waals surface area contributed by atoms with Crippen LogP contribution in [0, 0.1) is 0 Å². The fraction of sp³-hybridized carbons (Fsp3) is 0.375. The fourth-order valence-electron chi connectivity index (χ4n) is 1.32. The molecule has 1 atom stereocenters. The van der Waals surface area contributed by atoms with Gasteiger partial charge in [-0.3, -0.25) is 9.48 Å². The number of nitrogens with zero attached hydrogens (tertiary/aromatic N) is 5. The molecular weight excluding hydrogens is 224 g/mol. The smallest absolute Gasteiger partial charge is 0.242 e. The molecule has 1 amide bonds. The van der Waals surface area contributed by atoms with Gasteiger partial charge >= 0.3 is 0 Å². The van der Waals surface area contributed by atoms with E-state index in [-0.39, 0.29) is 18.5 Å². The van der Waals surface area contributed by atoms with Crippen molar-refractivity contribution in [3.8, 4) is 0 Å². The van der Waals surface area contributed by atoms with E-state index in [1.807, 2.05) is 0 Å². The number of rotatable bonds is 4. The number of hydrogen-bond acceptors (Lipinski definition) is 6. The van der Waals surface area contributed by atoms with E-state index in [9.17, 15) is 4.79 Å². The molecule has 0 radical (unpaired) electrons. The van der Waals surface area contributed by atoms with Crippen molar-refractivity contribution in [2.45, 2.75) is 19.5 Å². The lowest BCUT2D eigenvalue weighted by Crippen LogP contribution is -2.30. The highest BCUT2D eigenvalue weighted by Gasteiger charge is 2.13. The molecule has 9 nitrogen and oxygen atoms in total. The second kappa shape index (κ2) is 4.60. The first kappa shape index (κ1) is 11.0. The molecule has 0 saturated carbocycles. The molecule has 0 aliphatic rings. The number of nitrogens with one attached hydrogen (secondary N) is 2. The van der Waals surface area contributed by atoms with Crippen molar-refractivity contribution >= 4 is 11.6 Å². The summed E-state index contributed by atoms with van der Waals surface area (Å²) in [5.74, 6) is 0.226. The van der Waals surface area contributed by atoms with E-state index >= 15 is 0 Å². The summed E-state index contributed by atoms with van der Waals surface area (Å²) in [4.78, 5) is 11.6. The van der Waals surface area contributed by atoms with Crippen molar-refractivity contribution in [1.29, 1.82) is 0 Å². The molecule has 9 heteroatoms. The number of carbonyl (C=O) groups excluding carboxylic acids is 1. The van der Waals surface area contributed by atoms with E-state index in [2.05, 4.69) is 31.0 Å². The van der Waals surface area contributed by atoms with E-state index in [1.165, 1.54) is 10.9 Å². The Bertz CT molecular complexity index is 489. The number of H-pyrrole nitrogens is 1. The largest absolute Gasteiger partial charge is 0.396 e. The van der Waals surface area contributed by atoms with Crippen LogP contribution in [0.3, 0.4) is 0 Å². The van der Waals surface area contributed by atoms with Crippen LogP contribution >= 0.6 is 0 Å². The summed E-state index contributed by atoms with van der Waals surface area (Å²) in [5, 5.41) is 19.9. The van der Waals surface area contributed by atoms with Gasteiger partial charge in [0.2, 0.25) is 5.91 Å². The Hall–Kier alpha value is -2.45. The highest BCUT2D eigenvalue weighted by molar-refractivity contribution is 5.76. The topological polar surface area (TPSA) is 127 Å². The van der Waals surface area contributed by atoms with Crippen LogP contribution in [0.4, 0.5) is 5.69 Å². The molecule has 17 heavy (non-hydrogen) atoms. The van der Waals surface area contributed by atoms with Gasteiger partial charge in [0.15, 0.2) is 5.82 Å². The number of anilines is 1. The molecule has 0 spiro atoms. The average Bonchev–Trinajstić information content (AvgIpc) is 2.89. The van der Waals surface area contributed by atoms with Gasteiger partial charge < -0.3 is 11.1 Å². The lowest BCUT2D eigenvalue weighted by molar-refractivity contribution is -0.122. The van der Waals surface area contributed by atoms with E-state index < -0.39 is 0 Å². The summed E-state index contributed by atoms with van der Waals surface area (Å²) in [6.07, 6.45) is 3.06. The minimum absolute atomic E-state index is 0.0966. The van der Waals surface area contributed by atoms with Crippen molar-refractivity contribution in [2.24, 2.45) is 0 Å². The van der Waals surface area contributed by atoms with Gasteiger partial charge in [-0.25, -0.2) is 0 Å². The SMILES string of the molecule is CC(NC(=O)Cn1cc(N)cn1)c1nn[nH]n1. The van der Waals surface area contributed by atoms with Crippen molar-refractivity contribution in [1.82, 2.24) is 35.7 Å². The second-order valence-corrected chi connectivity index (χ2v) is 3.53.